The minimum Gasteiger partial charge on any atom is -0.478 e. The number of carbonyl (C=O) groups is 2. The summed E-state index contributed by atoms with van der Waals surface area (Å²) in [6, 6.07) is 7.28. The van der Waals surface area contributed by atoms with Crippen molar-refractivity contribution in [3.05, 3.63) is 47.5 Å². The summed E-state index contributed by atoms with van der Waals surface area (Å²) in [5.41, 5.74) is 6.62. The molecule has 4 heteroatoms. The third-order valence-electron chi connectivity index (χ3n) is 2.02. The zero-order valence-corrected chi connectivity index (χ0v) is 9.17. The molecule has 0 spiro atoms. The summed E-state index contributed by atoms with van der Waals surface area (Å²) in [5, 5.41) is 8.55. The van der Waals surface area contributed by atoms with Crippen LogP contribution in [0, 0.1) is 0 Å². The number of primary amides is 1. The van der Waals surface area contributed by atoms with Gasteiger partial charge in [0.2, 0.25) is 5.91 Å². The van der Waals surface area contributed by atoms with E-state index in [1.54, 1.807) is 18.2 Å². The Hall–Kier alpha value is -2.36. The predicted octanol–water partition coefficient (Wildman–Crippen LogP) is 1.67. The molecule has 0 aliphatic carbocycles. The first-order chi connectivity index (χ1) is 8.09. The van der Waals surface area contributed by atoms with Crippen LogP contribution in [0.3, 0.4) is 0 Å². The highest BCUT2D eigenvalue weighted by molar-refractivity contribution is 5.86. The highest BCUT2D eigenvalue weighted by Gasteiger charge is 1.96. The lowest BCUT2D eigenvalue weighted by Gasteiger charge is -1.99. The number of carboxylic acid groups (broad SMARTS) is 1. The fourth-order valence-electron chi connectivity index (χ4n) is 1.28. The van der Waals surface area contributed by atoms with Crippen LogP contribution in [-0.2, 0) is 9.59 Å². The number of hydrogen-bond acceptors (Lipinski definition) is 2. The first-order valence-corrected chi connectivity index (χ1v) is 5.04. The summed E-state index contributed by atoms with van der Waals surface area (Å²) in [5.74, 6) is -1.40. The summed E-state index contributed by atoms with van der Waals surface area (Å²) < 4.78 is 0. The van der Waals surface area contributed by atoms with Crippen molar-refractivity contribution in [2.45, 2.75) is 6.42 Å². The maximum atomic E-state index is 10.6. The van der Waals surface area contributed by atoms with E-state index in [0.29, 0.717) is 0 Å². The summed E-state index contributed by atoms with van der Waals surface area (Å²) >= 11 is 0. The number of rotatable bonds is 5. The molecule has 1 aromatic rings. The van der Waals surface area contributed by atoms with Gasteiger partial charge in [-0.2, -0.15) is 0 Å². The van der Waals surface area contributed by atoms with Crippen LogP contribution in [0.4, 0.5) is 0 Å². The number of carboxylic acids is 1. The van der Waals surface area contributed by atoms with Gasteiger partial charge in [-0.3, -0.25) is 4.79 Å². The molecule has 0 aliphatic heterocycles. The van der Waals surface area contributed by atoms with Crippen LogP contribution in [-0.4, -0.2) is 17.0 Å². The van der Waals surface area contributed by atoms with Crippen molar-refractivity contribution in [1.82, 2.24) is 0 Å². The van der Waals surface area contributed by atoms with Crippen molar-refractivity contribution in [3.8, 4) is 0 Å². The number of carbonyl (C=O) groups excluding carboxylic acids is 1. The van der Waals surface area contributed by atoms with Crippen molar-refractivity contribution in [2.75, 3.05) is 0 Å². The molecule has 4 nitrogen and oxygen atoms in total. The summed E-state index contributed by atoms with van der Waals surface area (Å²) in [4.78, 5) is 21.0. The summed E-state index contributed by atoms with van der Waals surface area (Å²) in [6.45, 7) is 0. The molecule has 0 heterocycles. The Bertz CT molecular complexity index is 475. The third kappa shape index (κ3) is 4.79. The van der Waals surface area contributed by atoms with E-state index < -0.39 is 11.9 Å². The van der Waals surface area contributed by atoms with Crippen molar-refractivity contribution in [3.63, 3.8) is 0 Å². The second-order valence-corrected chi connectivity index (χ2v) is 3.37. The maximum Gasteiger partial charge on any atom is 0.328 e. The van der Waals surface area contributed by atoms with Crippen LogP contribution in [0.25, 0.3) is 12.2 Å². The van der Waals surface area contributed by atoms with E-state index in [9.17, 15) is 9.59 Å². The zero-order chi connectivity index (χ0) is 12.7. The maximum absolute atomic E-state index is 10.6. The van der Waals surface area contributed by atoms with Gasteiger partial charge in [-0.15, -0.1) is 0 Å². The van der Waals surface area contributed by atoms with Crippen LogP contribution in [0.15, 0.2) is 36.4 Å². The average Bonchev–Trinajstić information content (AvgIpc) is 2.27. The van der Waals surface area contributed by atoms with Gasteiger partial charge in [0.05, 0.1) is 0 Å². The molecule has 0 radical (unpaired) electrons. The number of hydrogen-bond donors (Lipinski definition) is 2. The Kier molecular flexibility index (Phi) is 4.69. The van der Waals surface area contributed by atoms with E-state index >= 15 is 0 Å². The predicted molar refractivity (Wildman–Crippen MR) is 66.0 cm³/mol. The smallest absolute Gasteiger partial charge is 0.328 e. The monoisotopic (exact) mass is 231 g/mol. The van der Waals surface area contributed by atoms with Gasteiger partial charge in [-0.05, 0) is 17.2 Å². The van der Waals surface area contributed by atoms with E-state index in [2.05, 4.69) is 0 Å². The van der Waals surface area contributed by atoms with E-state index in [0.717, 1.165) is 17.2 Å². The van der Waals surface area contributed by atoms with E-state index in [1.165, 1.54) is 6.08 Å². The van der Waals surface area contributed by atoms with E-state index in [-0.39, 0.29) is 6.42 Å². The molecular weight excluding hydrogens is 218 g/mol. The normalized spacial score (nSPS) is 11.1. The highest BCUT2D eigenvalue weighted by atomic mass is 16.4. The molecule has 0 saturated heterocycles. The van der Waals surface area contributed by atoms with Gasteiger partial charge < -0.3 is 10.8 Å². The number of amides is 1. The van der Waals surface area contributed by atoms with Gasteiger partial charge in [0.25, 0.3) is 0 Å². The molecule has 3 N–H and O–H groups in total. The van der Waals surface area contributed by atoms with Crippen LogP contribution in [0.2, 0.25) is 0 Å². The second kappa shape index (κ2) is 6.27. The SMILES string of the molecule is NC(=O)CC=Cc1ccccc1/C=C/C(=O)O. The van der Waals surface area contributed by atoms with Crippen LogP contribution in [0.5, 0.6) is 0 Å². The second-order valence-electron chi connectivity index (χ2n) is 3.37. The molecule has 0 bridgehead atoms. The molecule has 1 amide bonds. The van der Waals surface area contributed by atoms with Gasteiger partial charge in [0, 0.05) is 12.5 Å². The minimum absolute atomic E-state index is 0.164. The standard InChI is InChI=1S/C13H13NO3/c14-12(15)7-3-6-10-4-1-2-5-11(10)8-9-13(16)17/h1-6,8-9H,7H2,(H2,14,15)(H,16,17)/b6-3?,9-8+. The first-order valence-electron chi connectivity index (χ1n) is 5.04. The molecule has 0 unspecified atom stereocenters. The third-order valence-corrected chi connectivity index (χ3v) is 2.02. The molecule has 17 heavy (non-hydrogen) atoms. The zero-order valence-electron chi connectivity index (χ0n) is 9.17. The Morgan fingerprint density at radius 1 is 1.18 bits per heavy atom. The average molecular weight is 231 g/mol. The lowest BCUT2D eigenvalue weighted by molar-refractivity contribution is -0.131. The van der Waals surface area contributed by atoms with Gasteiger partial charge in [-0.25, -0.2) is 4.79 Å². The molecule has 1 aromatic carbocycles. The molecule has 88 valence electrons. The molecule has 0 aliphatic rings. The first kappa shape index (κ1) is 12.7. The molecule has 1 rings (SSSR count). The molecule has 0 saturated carbocycles. The van der Waals surface area contributed by atoms with Gasteiger partial charge in [0.1, 0.15) is 0 Å². The van der Waals surface area contributed by atoms with Gasteiger partial charge in [0.15, 0.2) is 0 Å². The van der Waals surface area contributed by atoms with Gasteiger partial charge >= 0.3 is 5.97 Å². The van der Waals surface area contributed by atoms with Crippen LogP contribution >= 0.6 is 0 Å². The Morgan fingerprint density at radius 3 is 2.29 bits per heavy atom. The topological polar surface area (TPSA) is 80.4 Å². The van der Waals surface area contributed by atoms with Gasteiger partial charge in [-0.1, -0.05) is 36.4 Å². The highest BCUT2D eigenvalue weighted by Crippen LogP contribution is 2.12. The molecule has 0 aromatic heterocycles. The fourth-order valence-corrected chi connectivity index (χ4v) is 1.28. The number of aliphatic carboxylic acids is 1. The quantitative estimate of drug-likeness (QED) is 0.756. The van der Waals surface area contributed by atoms with Crippen molar-refractivity contribution in [1.29, 1.82) is 0 Å². The van der Waals surface area contributed by atoms with Crippen molar-refractivity contribution < 1.29 is 14.7 Å². The Balaban J connectivity index is 2.88. The number of benzene rings is 1. The minimum atomic E-state index is -0.999. The van der Waals surface area contributed by atoms with Crippen molar-refractivity contribution in [2.24, 2.45) is 5.73 Å². The Morgan fingerprint density at radius 2 is 1.76 bits per heavy atom. The largest absolute Gasteiger partial charge is 0.478 e. The van der Waals surface area contributed by atoms with Crippen LogP contribution < -0.4 is 5.73 Å². The summed E-state index contributed by atoms with van der Waals surface area (Å²) in [6.07, 6.45) is 6.13. The van der Waals surface area contributed by atoms with Crippen LogP contribution in [0.1, 0.15) is 17.5 Å². The van der Waals surface area contributed by atoms with Crippen molar-refractivity contribution >= 4 is 24.0 Å². The number of nitrogens with two attached hydrogens (primary N) is 1. The lowest BCUT2D eigenvalue weighted by atomic mass is 10.1. The summed E-state index contributed by atoms with van der Waals surface area (Å²) in [7, 11) is 0. The molecule has 0 fully saturated rings. The Labute approximate surface area is 99.1 Å². The fraction of sp³-hybridized carbons (Fsp3) is 0.0769. The molecule has 0 atom stereocenters. The molecular formula is C13H13NO3. The van der Waals surface area contributed by atoms with E-state index in [1.807, 2.05) is 18.2 Å². The van der Waals surface area contributed by atoms with E-state index in [4.69, 9.17) is 10.8 Å². The lowest BCUT2D eigenvalue weighted by Crippen LogP contribution is -2.07.